The van der Waals surface area contributed by atoms with Crippen LogP contribution in [-0.4, -0.2) is 18.0 Å². The SMILES string of the molecule is NC(=O)C(CCc1ccccc1)NC1CC1. The maximum Gasteiger partial charge on any atom is 0.234 e. The maximum atomic E-state index is 11.2. The quantitative estimate of drug-likeness (QED) is 0.754. The molecule has 0 bridgehead atoms. The smallest absolute Gasteiger partial charge is 0.234 e. The lowest BCUT2D eigenvalue weighted by Gasteiger charge is -2.14. The van der Waals surface area contributed by atoms with E-state index in [1.54, 1.807) is 0 Å². The monoisotopic (exact) mass is 218 g/mol. The molecule has 16 heavy (non-hydrogen) atoms. The number of carbonyl (C=O) groups is 1. The van der Waals surface area contributed by atoms with E-state index in [1.807, 2.05) is 18.2 Å². The zero-order valence-corrected chi connectivity index (χ0v) is 9.36. The molecule has 2 rings (SSSR count). The molecule has 1 unspecified atom stereocenters. The Morgan fingerprint density at radius 2 is 2.06 bits per heavy atom. The molecule has 0 heterocycles. The molecule has 1 aliphatic carbocycles. The summed E-state index contributed by atoms with van der Waals surface area (Å²) in [4.78, 5) is 11.2. The summed E-state index contributed by atoms with van der Waals surface area (Å²) in [5.74, 6) is -0.233. The van der Waals surface area contributed by atoms with Gasteiger partial charge in [0.2, 0.25) is 5.91 Å². The lowest BCUT2D eigenvalue weighted by atomic mass is 10.0. The minimum atomic E-state index is -0.233. The predicted molar refractivity (Wildman–Crippen MR) is 63.9 cm³/mol. The molecule has 1 fully saturated rings. The van der Waals surface area contributed by atoms with Crippen LogP contribution in [0.15, 0.2) is 30.3 Å². The second-order valence-electron chi connectivity index (χ2n) is 4.42. The van der Waals surface area contributed by atoms with E-state index in [9.17, 15) is 4.79 Å². The largest absolute Gasteiger partial charge is 0.368 e. The van der Waals surface area contributed by atoms with Crippen molar-refractivity contribution in [1.29, 1.82) is 0 Å². The van der Waals surface area contributed by atoms with Crippen LogP contribution < -0.4 is 11.1 Å². The van der Waals surface area contributed by atoms with Crippen molar-refractivity contribution in [2.75, 3.05) is 0 Å². The van der Waals surface area contributed by atoms with E-state index >= 15 is 0 Å². The highest BCUT2D eigenvalue weighted by Gasteiger charge is 2.26. The van der Waals surface area contributed by atoms with Crippen molar-refractivity contribution in [3.05, 3.63) is 35.9 Å². The van der Waals surface area contributed by atoms with Gasteiger partial charge in [0.1, 0.15) is 0 Å². The summed E-state index contributed by atoms with van der Waals surface area (Å²) in [6.07, 6.45) is 4.04. The van der Waals surface area contributed by atoms with Crippen molar-refractivity contribution >= 4 is 5.91 Å². The fourth-order valence-corrected chi connectivity index (χ4v) is 1.80. The van der Waals surface area contributed by atoms with Gasteiger partial charge in [-0.1, -0.05) is 30.3 Å². The van der Waals surface area contributed by atoms with Gasteiger partial charge < -0.3 is 11.1 Å². The molecule has 0 aromatic heterocycles. The Bertz CT molecular complexity index is 346. The number of benzene rings is 1. The first-order chi connectivity index (χ1) is 7.75. The van der Waals surface area contributed by atoms with Gasteiger partial charge in [-0.15, -0.1) is 0 Å². The number of hydrogen-bond donors (Lipinski definition) is 2. The third-order valence-corrected chi connectivity index (χ3v) is 2.92. The van der Waals surface area contributed by atoms with Crippen LogP contribution in [0.4, 0.5) is 0 Å². The van der Waals surface area contributed by atoms with Crippen LogP contribution in [0.5, 0.6) is 0 Å². The summed E-state index contributed by atoms with van der Waals surface area (Å²) in [6, 6.07) is 10.5. The molecule has 1 saturated carbocycles. The van der Waals surface area contributed by atoms with E-state index in [4.69, 9.17) is 5.73 Å². The number of hydrogen-bond acceptors (Lipinski definition) is 2. The van der Waals surface area contributed by atoms with Crippen molar-refractivity contribution < 1.29 is 4.79 Å². The van der Waals surface area contributed by atoms with E-state index in [-0.39, 0.29) is 11.9 Å². The summed E-state index contributed by atoms with van der Waals surface area (Å²) >= 11 is 0. The fraction of sp³-hybridized carbons (Fsp3) is 0.462. The molecule has 0 saturated heterocycles. The molecule has 86 valence electrons. The summed E-state index contributed by atoms with van der Waals surface area (Å²) in [6.45, 7) is 0. The van der Waals surface area contributed by atoms with E-state index in [2.05, 4.69) is 17.4 Å². The Hall–Kier alpha value is -1.35. The number of carbonyl (C=O) groups excluding carboxylic acids is 1. The highest BCUT2D eigenvalue weighted by Crippen LogP contribution is 2.20. The van der Waals surface area contributed by atoms with E-state index < -0.39 is 0 Å². The van der Waals surface area contributed by atoms with Gasteiger partial charge >= 0.3 is 0 Å². The number of primary amides is 1. The molecule has 1 aromatic carbocycles. The molecular weight excluding hydrogens is 200 g/mol. The lowest BCUT2D eigenvalue weighted by Crippen LogP contribution is -2.42. The lowest BCUT2D eigenvalue weighted by molar-refractivity contribution is -0.120. The summed E-state index contributed by atoms with van der Waals surface area (Å²) in [5, 5.41) is 3.29. The fourth-order valence-electron chi connectivity index (χ4n) is 1.80. The third-order valence-electron chi connectivity index (χ3n) is 2.92. The second kappa shape index (κ2) is 5.12. The number of nitrogens with two attached hydrogens (primary N) is 1. The van der Waals surface area contributed by atoms with Crippen LogP contribution in [0, 0.1) is 0 Å². The minimum absolute atomic E-state index is 0.173. The Morgan fingerprint density at radius 3 is 2.62 bits per heavy atom. The Morgan fingerprint density at radius 1 is 1.38 bits per heavy atom. The van der Waals surface area contributed by atoms with Crippen LogP contribution in [0.25, 0.3) is 0 Å². The van der Waals surface area contributed by atoms with Gasteiger partial charge in [0.25, 0.3) is 0 Å². The van der Waals surface area contributed by atoms with Gasteiger partial charge in [-0.3, -0.25) is 4.79 Å². The van der Waals surface area contributed by atoms with Crippen LogP contribution >= 0.6 is 0 Å². The van der Waals surface area contributed by atoms with Gasteiger partial charge in [-0.05, 0) is 31.2 Å². The molecule has 3 heteroatoms. The molecule has 1 atom stereocenters. The average molecular weight is 218 g/mol. The molecule has 0 spiro atoms. The topological polar surface area (TPSA) is 55.1 Å². The summed E-state index contributed by atoms with van der Waals surface area (Å²) < 4.78 is 0. The van der Waals surface area contributed by atoms with Crippen LogP contribution in [0.1, 0.15) is 24.8 Å². The second-order valence-corrected chi connectivity index (χ2v) is 4.42. The van der Waals surface area contributed by atoms with Crippen LogP contribution in [0.3, 0.4) is 0 Å². The van der Waals surface area contributed by atoms with Gasteiger partial charge in [-0.25, -0.2) is 0 Å². The number of rotatable bonds is 6. The van der Waals surface area contributed by atoms with Crippen molar-refractivity contribution in [2.45, 2.75) is 37.8 Å². The van der Waals surface area contributed by atoms with Crippen molar-refractivity contribution in [3.63, 3.8) is 0 Å². The molecule has 1 amide bonds. The molecule has 3 N–H and O–H groups in total. The van der Waals surface area contributed by atoms with E-state index in [1.165, 1.54) is 18.4 Å². The van der Waals surface area contributed by atoms with Crippen molar-refractivity contribution in [2.24, 2.45) is 5.73 Å². The normalized spacial score (nSPS) is 17.0. The van der Waals surface area contributed by atoms with Gasteiger partial charge in [-0.2, -0.15) is 0 Å². The van der Waals surface area contributed by atoms with Gasteiger partial charge in [0.05, 0.1) is 6.04 Å². The standard InChI is InChI=1S/C13H18N2O/c14-13(16)12(15-11-7-8-11)9-6-10-4-2-1-3-5-10/h1-5,11-12,15H,6-9H2,(H2,14,16). The Balaban J connectivity index is 1.83. The number of amides is 1. The summed E-state index contributed by atoms with van der Waals surface area (Å²) in [5.41, 5.74) is 6.63. The first kappa shape index (κ1) is 11.1. The van der Waals surface area contributed by atoms with Gasteiger partial charge in [0.15, 0.2) is 0 Å². The third kappa shape index (κ3) is 3.35. The van der Waals surface area contributed by atoms with Crippen molar-refractivity contribution in [1.82, 2.24) is 5.32 Å². The van der Waals surface area contributed by atoms with Gasteiger partial charge in [0, 0.05) is 6.04 Å². The molecule has 0 aliphatic heterocycles. The Labute approximate surface area is 96.0 Å². The van der Waals surface area contributed by atoms with Crippen molar-refractivity contribution in [3.8, 4) is 0 Å². The molecule has 3 nitrogen and oxygen atoms in total. The average Bonchev–Trinajstić information content (AvgIpc) is 3.09. The van der Waals surface area contributed by atoms with Crippen LogP contribution in [-0.2, 0) is 11.2 Å². The molecular formula is C13H18N2O. The molecule has 0 radical (unpaired) electrons. The van der Waals surface area contributed by atoms with E-state index in [0.717, 1.165) is 12.8 Å². The first-order valence-corrected chi connectivity index (χ1v) is 5.85. The highest BCUT2D eigenvalue weighted by atomic mass is 16.1. The Kier molecular flexibility index (Phi) is 3.57. The first-order valence-electron chi connectivity index (χ1n) is 5.85. The number of aryl methyl sites for hydroxylation is 1. The maximum absolute atomic E-state index is 11.2. The minimum Gasteiger partial charge on any atom is -0.368 e. The highest BCUT2D eigenvalue weighted by molar-refractivity contribution is 5.79. The number of nitrogens with one attached hydrogen (secondary N) is 1. The van der Waals surface area contributed by atoms with Crippen LogP contribution in [0.2, 0.25) is 0 Å². The zero-order chi connectivity index (χ0) is 11.4. The van der Waals surface area contributed by atoms with E-state index in [0.29, 0.717) is 6.04 Å². The zero-order valence-electron chi connectivity index (χ0n) is 9.36. The molecule has 1 aliphatic rings. The molecule has 1 aromatic rings. The summed E-state index contributed by atoms with van der Waals surface area (Å²) in [7, 11) is 0. The predicted octanol–water partition coefficient (Wildman–Crippen LogP) is 1.23.